The molecule has 124 valence electrons. The summed E-state index contributed by atoms with van der Waals surface area (Å²) in [7, 11) is 0. The quantitative estimate of drug-likeness (QED) is 0.560. The monoisotopic (exact) mass is 304 g/mol. The minimum atomic E-state index is -0.835. The molecule has 0 atom stereocenters. The summed E-state index contributed by atoms with van der Waals surface area (Å²) in [4.78, 5) is 23.4. The highest BCUT2D eigenvalue weighted by Crippen LogP contribution is 2.07. The smallest absolute Gasteiger partial charge is 0.410 e. The van der Waals surface area contributed by atoms with Crippen LogP contribution >= 0.6 is 0 Å². The number of amides is 2. The third-order valence-electron chi connectivity index (χ3n) is 1.81. The van der Waals surface area contributed by atoms with Gasteiger partial charge in [0.05, 0.1) is 0 Å². The molecule has 0 heterocycles. The van der Waals surface area contributed by atoms with Gasteiger partial charge in [0.15, 0.2) is 6.29 Å². The van der Waals surface area contributed by atoms with E-state index in [1.807, 2.05) is 0 Å². The summed E-state index contributed by atoms with van der Waals surface area (Å²) in [6.07, 6.45) is -2.15. The van der Waals surface area contributed by atoms with Crippen LogP contribution in [0.2, 0.25) is 0 Å². The van der Waals surface area contributed by atoms with Crippen molar-refractivity contribution in [2.45, 2.75) is 59.0 Å². The molecule has 8 nitrogen and oxygen atoms in total. The molecule has 0 fully saturated rings. The molecule has 0 aromatic rings. The molecule has 2 amide bonds. The summed E-state index contributed by atoms with van der Waals surface area (Å²) < 4.78 is 10.2. The van der Waals surface area contributed by atoms with E-state index in [4.69, 9.17) is 15.2 Å². The average molecular weight is 304 g/mol. The number of nitrogens with one attached hydrogen (secondary N) is 3. The van der Waals surface area contributed by atoms with Gasteiger partial charge in [-0.1, -0.05) is 0 Å². The van der Waals surface area contributed by atoms with E-state index in [1.165, 1.54) is 0 Å². The molecule has 21 heavy (non-hydrogen) atoms. The Morgan fingerprint density at radius 2 is 1.33 bits per heavy atom. The molecule has 0 saturated heterocycles. The molecule has 0 saturated carbocycles. The molecule has 0 aromatic carbocycles. The van der Waals surface area contributed by atoms with Crippen molar-refractivity contribution in [2.24, 2.45) is 5.73 Å². The van der Waals surface area contributed by atoms with Crippen molar-refractivity contribution in [1.82, 2.24) is 16.0 Å². The number of rotatable bonds is 5. The first kappa shape index (κ1) is 19.5. The zero-order chi connectivity index (χ0) is 16.7. The van der Waals surface area contributed by atoms with Gasteiger partial charge in [0.1, 0.15) is 11.2 Å². The number of alkyl carbamates (subject to hydrolysis) is 2. The van der Waals surface area contributed by atoms with Crippen LogP contribution in [0.3, 0.4) is 0 Å². The number of hydrogen-bond donors (Lipinski definition) is 4. The Morgan fingerprint density at radius 1 is 0.952 bits per heavy atom. The summed E-state index contributed by atoms with van der Waals surface area (Å²) >= 11 is 0. The molecule has 8 heteroatoms. The van der Waals surface area contributed by atoms with Gasteiger partial charge in [-0.2, -0.15) is 0 Å². The van der Waals surface area contributed by atoms with Crippen molar-refractivity contribution in [2.75, 3.05) is 13.1 Å². The van der Waals surface area contributed by atoms with Crippen LogP contribution in [-0.2, 0) is 9.47 Å². The van der Waals surface area contributed by atoms with Crippen molar-refractivity contribution in [1.29, 1.82) is 0 Å². The van der Waals surface area contributed by atoms with Crippen molar-refractivity contribution >= 4 is 12.2 Å². The van der Waals surface area contributed by atoms with Gasteiger partial charge in [-0.15, -0.1) is 0 Å². The van der Waals surface area contributed by atoms with Crippen LogP contribution in [0.4, 0.5) is 9.59 Å². The van der Waals surface area contributed by atoms with Crippen molar-refractivity contribution in [3.8, 4) is 0 Å². The van der Waals surface area contributed by atoms with E-state index in [-0.39, 0.29) is 0 Å². The lowest BCUT2D eigenvalue weighted by Gasteiger charge is -2.26. The van der Waals surface area contributed by atoms with Crippen LogP contribution < -0.4 is 21.7 Å². The normalized spacial score (nSPS) is 12.0. The third kappa shape index (κ3) is 11.9. The van der Waals surface area contributed by atoms with Crippen LogP contribution in [0, 0.1) is 0 Å². The molecule has 0 aliphatic rings. The maximum atomic E-state index is 11.7. The highest BCUT2D eigenvalue weighted by Gasteiger charge is 2.22. The molecule has 0 aromatic heterocycles. The zero-order valence-corrected chi connectivity index (χ0v) is 13.7. The molecule has 0 rings (SSSR count). The van der Waals surface area contributed by atoms with Gasteiger partial charge in [-0.25, -0.2) is 9.59 Å². The van der Waals surface area contributed by atoms with E-state index in [2.05, 4.69) is 16.0 Å². The summed E-state index contributed by atoms with van der Waals surface area (Å²) in [5.41, 5.74) is 4.13. The first-order valence-corrected chi connectivity index (χ1v) is 6.85. The van der Waals surface area contributed by atoms with E-state index in [0.717, 1.165) is 0 Å². The highest BCUT2D eigenvalue weighted by molar-refractivity contribution is 5.71. The van der Waals surface area contributed by atoms with Crippen LogP contribution in [0.25, 0.3) is 0 Å². The predicted octanol–water partition coefficient (Wildman–Crippen LogP) is 0.868. The van der Waals surface area contributed by atoms with Gasteiger partial charge in [0.2, 0.25) is 0 Å². The van der Waals surface area contributed by atoms with Crippen LogP contribution in [0.5, 0.6) is 0 Å². The van der Waals surface area contributed by atoms with Gasteiger partial charge in [0.25, 0.3) is 0 Å². The molecule has 5 N–H and O–H groups in total. The second kappa shape index (κ2) is 8.04. The number of carbonyl (C=O) groups is 2. The maximum absolute atomic E-state index is 11.7. The SMILES string of the molecule is CC(C)(C)OC(=O)NC(NCCN)NC(=O)OC(C)(C)C. The van der Waals surface area contributed by atoms with E-state index >= 15 is 0 Å². The first-order valence-electron chi connectivity index (χ1n) is 6.85. The van der Waals surface area contributed by atoms with Gasteiger partial charge < -0.3 is 15.2 Å². The Bertz CT molecular complexity index is 317. The van der Waals surface area contributed by atoms with Crippen molar-refractivity contribution in [3.63, 3.8) is 0 Å². The fourth-order valence-electron chi connectivity index (χ4n) is 1.22. The molecule has 0 aliphatic heterocycles. The minimum Gasteiger partial charge on any atom is -0.444 e. The van der Waals surface area contributed by atoms with E-state index < -0.39 is 29.7 Å². The lowest BCUT2D eigenvalue weighted by Crippen LogP contribution is -2.58. The summed E-state index contributed by atoms with van der Waals surface area (Å²) in [5.74, 6) is 0. The number of ether oxygens (including phenoxy) is 2. The van der Waals surface area contributed by atoms with Crippen molar-refractivity contribution < 1.29 is 19.1 Å². The molecule has 0 unspecified atom stereocenters. The average Bonchev–Trinajstić information content (AvgIpc) is 2.20. The summed E-state index contributed by atoms with van der Waals surface area (Å²) in [6, 6.07) is 0. The molecule has 0 radical (unpaired) electrons. The van der Waals surface area contributed by atoms with E-state index in [9.17, 15) is 9.59 Å². The standard InChI is InChI=1S/C13H28N4O4/c1-12(2,3)20-10(18)16-9(15-8-7-14)17-11(19)21-13(4,5)6/h9,15H,7-8,14H2,1-6H3,(H,16,18)(H,17,19). The highest BCUT2D eigenvalue weighted by atomic mass is 16.6. The van der Waals surface area contributed by atoms with Crippen molar-refractivity contribution in [3.05, 3.63) is 0 Å². The number of hydrogen-bond acceptors (Lipinski definition) is 6. The Morgan fingerprint density at radius 3 is 1.62 bits per heavy atom. The summed E-state index contributed by atoms with van der Waals surface area (Å²) in [5, 5.41) is 7.82. The fourth-order valence-corrected chi connectivity index (χ4v) is 1.22. The topological polar surface area (TPSA) is 115 Å². The van der Waals surface area contributed by atoms with Crippen LogP contribution in [-0.4, -0.2) is 42.8 Å². The Labute approximate surface area is 126 Å². The minimum absolute atomic E-state index is 0.350. The lowest BCUT2D eigenvalue weighted by molar-refractivity contribution is 0.0407. The maximum Gasteiger partial charge on any atom is 0.410 e. The lowest BCUT2D eigenvalue weighted by atomic mass is 10.2. The number of carbonyl (C=O) groups excluding carboxylic acids is 2. The van der Waals surface area contributed by atoms with Crippen LogP contribution in [0.15, 0.2) is 0 Å². The third-order valence-corrected chi connectivity index (χ3v) is 1.81. The molecule has 0 aliphatic carbocycles. The largest absolute Gasteiger partial charge is 0.444 e. The molecular weight excluding hydrogens is 276 g/mol. The Kier molecular flexibility index (Phi) is 7.45. The summed E-state index contributed by atoms with van der Waals surface area (Å²) in [6.45, 7) is 11.2. The first-order chi connectivity index (χ1) is 9.43. The fraction of sp³-hybridized carbons (Fsp3) is 0.846. The Hall–Kier alpha value is -1.54. The van der Waals surface area contributed by atoms with Gasteiger partial charge in [-0.05, 0) is 41.5 Å². The van der Waals surface area contributed by atoms with E-state index in [0.29, 0.717) is 13.1 Å². The van der Waals surface area contributed by atoms with Gasteiger partial charge in [-0.3, -0.25) is 16.0 Å². The molecular formula is C13H28N4O4. The van der Waals surface area contributed by atoms with Crippen LogP contribution in [0.1, 0.15) is 41.5 Å². The van der Waals surface area contributed by atoms with Gasteiger partial charge >= 0.3 is 12.2 Å². The van der Waals surface area contributed by atoms with Gasteiger partial charge in [0, 0.05) is 13.1 Å². The second-order valence-electron chi connectivity index (χ2n) is 6.47. The Balaban J connectivity index is 4.51. The molecule has 0 bridgehead atoms. The number of nitrogens with two attached hydrogens (primary N) is 1. The predicted molar refractivity (Wildman–Crippen MR) is 79.6 cm³/mol. The second-order valence-corrected chi connectivity index (χ2v) is 6.47. The zero-order valence-electron chi connectivity index (χ0n) is 13.7. The van der Waals surface area contributed by atoms with E-state index in [1.54, 1.807) is 41.5 Å². The molecule has 0 spiro atoms.